The lowest BCUT2D eigenvalue weighted by atomic mass is 10.1. The number of urea groups is 1. The van der Waals surface area contributed by atoms with E-state index < -0.39 is 16.9 Å². The molecule has 1 saturated heterocycles. The van der Waals surface area contributed by atoms with Crippen LogP contribution in [0.5, 0.6) is 11.5 Å². The summed E-state index contributed by atoms with van der Waals surface area (Å²) >= 11 is 18.1. The maximum absolute atomic E-state index is 12.9. The third-order valence-electron chi connectivity index (χ3n) is 5.21. The quantitative estimate of drug-likeness (QED) is 0.130. The van der Waals surface area contributed by atoms with Gasteiger partial charge in [0.25, 0.3) is 11.6 Å². The molecular weight excluding hydrogens is 587 g/mol. The Morgan fingerprint density at radius 1 is 1.10 bits per heavy atom. The van der Waals surface area contributed by atoms with Crippen LogP contribution in [0.1, 0.15) is 11.1 Å². The van der Waals surface area contributed by atoms with Gasteiger partial charge in [0.1, 0.15) is 6.61 Å². The minimum Gasteiger partial charge on any atom is -0.493 e. The topological polar surface area (TPSA) is 123 Å². The summed E-state index contributed by atoms with van der Waals surface area (Å²) < 4.78 is 11.4. The number of ether oxygens (including phenoxy) is 2. The van der Waals surface area contributed by atoms with Crippen molar-refractivity contribution in [2.45, 2.75) is 6.61 Å². The standard InChI is InChI=1S/C25H18Cl2N4O6S2/c1-36-21-10-15(4-9-20(21)37-13-14-2-6-17(7-3-14)31(34)35)11-22-23(32)30(25(38)39-22)29-24(33)28-16-5-8-18(26)19(27)12-16/h2-12H,13H2,1H3,(H2,28,29,33)/b22-11+. The summed E-state index contributed by atoms with van der Waals surface area (Å²) in [6, 6.07) is 15.0. The number of nitrogens with one attached hydrogen (secondary N) is 2. The number of carbonyl (C=O) groups excluding carboxylic acids is 2. The van der Waals surface area contributed by atoms with Crippen molar-refractivity contribution >= 4 is 80.9 Å². The van der Waals surface area contributed by atoms with Gasteiger partial charge in [0.15, 0.2) is 15.8 Å². The van der Waals surface area contributed by atoms with E-state index >= 15 is 0 Å². The molecule has 10 nitrogen and oxygen atoms in total. The van der Waals surface area contributed by atoms with E-state index in [0.717, 1.165) is 22.3 Å². The van der Waals surface area contributed by atoms with Crippen molar-refractivity contribution in [1.82, 2.24) is 10.4 Å². The maximum atomic E-state index is 12.9. The van der Waals surface area contributed by atoms with E-state index in [1.807, 2.05) is 0 Å². The first-order valence-electron chi connectivity index (χ1n) is 11.0. The molecule has 0 saturated carbocycles. The monoisotopic (exact) mass is 604 g/mol. The Morgan fingerprint density at radius 3 is 2.51 bits per heavy atom. The average Bonchev–Trinajstić information content (AvgIpc) is 3.17. The maximum Gasteiger partial charge on any atom is 0.338 e. The normalized spacial score (nSPS) is 13.9. The number of hydrogen-bond acceptors (Lipinski definition) is 8. The van der Waals surface area contributed by atoms with Crippen LogP contribution in [0.15, 0.2) is 65.6 Å². The van der Waals surface area contributed by atoms with Gasteiger partial charge in [-0.2, -0.15) is 5.01 Å². The van der Waals surface area contributed by atoms with E-state index in [4.69, 9.17) is 44.9 Å². The number of methoxy groups -OCH3 is 1. The predicted octanol–water partition coefficient (Wildman–Crippen LogP) is 6.43. The third-order valence-corrected chi connectivity index (χ3v) is 7.25. The van der Waals surface area contributed by atoms with Crippen molar-refractivity contribution in [3.63, 3.8) is 0 Å². The molecule has 0 aromatic heterocycles. The molecule has 0 radical (unpaired) electrons. The van der Waals surface area contributed by atoms with E-state index in [2.05, 4.69) is 10.7 Å². The summed E-state index contributed by atoms with van der Waals surface area (Å²) in [6.07, 6.45) is 1.61. The van der Waals surface area contributed by atoms with Gasteiger partial charge in [0, 0.05) is 17.8 Å². The Hall–Kier alpha value is -3.84. The highest BCUT2D eigenvalue weighted by Crippen LogP contribution is 2.34. The number of thioether (sulfide) groups is 1. The fourth-order valence-corrected chi connectivity index (χ4v) is 4.80. The number of thiocarbonyl (C=S) groups is 1. The zero-order valence-electron chi connectivity index (χ0n) is 20.0. The van der Waals surface area contributed by atoms with Crippen molar-refractivity contribution in [2.75, 3.05) is 12.4 Å². The molecule has 200 valence electrons. The molecule has 1 aliphatic heterocycles. The fourth-order valence-electron chi connectivity index (χ4n) is 3.32. The molecule has 1 fully saturated rings. The lowest BCUT2D eigenvalue weighted by Gasteiger charge is -2.16. The van der Waals surface area contributed by atoms with Crippen LogP contribution in [-0.4, -0.2) is 33.3 Å². The Morgan fingerprint density at radius 2 is 1.85 bits per heavy atom. The Balaban J connectivity index is 1.41. The smallest absolute Gasteiger partial charge is 0.338 e. The van der Waals surface area contributed by atoms with Gasteiger partial charge in [-0.1, -0.05) is 41.0 Å². The van der Waals surface area contributed by atoms with Crippen molar-refractivity contribution in [1.29, 1.82) is 0 Å². The summed E-state index contributed by atoms with van der Waals surface area (Å²) in [5.74, 6) is 0.355. The largest absolute Gasteiger partial charge is 0.493 e. The second kappa shape index (κ2) is 12.3. The van der Waals surface area contributed by atoms with Gasteiger partial charge in [0.2, 0.25) is 0 Å². The number of halogens is 2. The lowest BCUT2D eigenvalue weighted by Crippen LogP contribution is -2.46. The number of nitro benzene ring substituents is 1. The first-order valence-corrected chi connectivity index (χ1v) is 13.0. The molecule has 2 N–H and O–H groups in total. The van der Waals surface area contributed by atoms with Crippen LogP contribution in [0.25, 0.3) is 6.08 Å². The van der Waals surface area contributed by atoms with Gasteiger partial charge in [-0.15, -0.1) is 0 Å². The molecule has 3 aromatic rings. The van der Waals surface area contributed by atoms with Gasteiger partial charge in [-0.3, -0.25) is 14.9 Å². The fraction of sp³-hybridized carbons (Fsp3) is 0.0800. The summed E-state index contributed by atoms with van der Waals surface area (Å²) in [7, 11) is 1.48. The second-order valence-corrected chi connectivity index (χ2v) is 10.3. The molecule has 1 heterocycles. The van der Waals surface area contributed by atoms with Crippen LogP contribution in [0.2, 0.25) is 10.0 Å². The van der Waals surface area contributed by atoms with E-state index in [0.29, 0.717) is 27.8 Å². The molecular formula is C25H18Cl2N4O6S2. The van der Waals surface area contributed by atoms with Crippen molar-refractivity contribution < 1.29 is 24.0 Å². The highest BCUT2D eigenvalue weighted by molar-refractivity contribution is 8.26. The number of hydrazine groups is 1. The minimum absolute atomic E-state index is 0.00611. The van der Waals surface area contributed by atoms with Crippen LogP contribution in [-0.2, 0) is 11.4 Å². The van der Waals surface area contributed by atoms with Crippen LogP contribution in [0, 0.1) is 10.1 Å². The number of hydrogen-bond donors (Lipinski definition) is 2. The molecule has 1 aliphatic rings. The summed E-state index contributed by atoms with van der Waals surface area (Å²) in [5, 5.41) is 14.9. The van der Waals surface area contributed by atoms with Gasteiger partial charge in [-0.05, 0) is 71.9 Å². The van der Waals surface area contributed by atoms with E-state index in [-0.39, 0.29) is 26.5 Å². The first-order chi connectivity index (χ1) is 18.6. The second-order valence-electron chi connectivity index (χ2n) is 7.83. The van der Waals surface area contributed by atoms with E-state index in [1.165, 1.54) is 31.4 Å². The molecule has 0 bridgehead atoms. The molecule has 0 aliphatic carbocycles. The van der Waals surface area contributed by atoms with Crippen molar-refractivity contribution in [2.24, 2.45) is 0 Å². The van der Waals surface area contributed by atoms with Gasteiger partial charge < -0.3 is 14.8 Å². The minimum atomic E-state index is -0.692. The highest BCUT2D eigenvalue weighted by atomic mass is 35.5. The SMILES string of the molecule is COc1cc(/C=C2/SC(=S)N(NC(=O)Nc3ccc(Cl)c(Cl)c3)C2=O)ccc1OCc1ccc([N+](=O)[O-])cc1. The number of nitro groups is 1. The van der Waals surface area contributed by atoms with Crippen LogP contribution < -0.4 is 20.2 Å². The van der Waals surface area contributed by atoms with Gasteiger partial charge >= 0.3 is 6.03 Å². The lowest BCUT2D eigenvalue weighted by molar-refractivity contribution is -0.384. The number of non-ortho nitro benzene ring substituents is 1. The van der Waals surface area contributed by atoms with Crippen LogP contribution in [0.4, 0.5) is 16.2 Å². The van der Waals surface area contributed by atoms with Gasteiger partial charge in [0.05, 0.1) is 27.0 Å². The Bertz CT molecular complexity index is 1500. The zero-order valence-corrected chi connectivity index (χ0v) is 23.1. The van der Waals surface area contributed by atoms with Crippen molar-refractivity contribution in [3.8, 4) is 11.5 Å². The summed E-state index contributed by atoms with van der Waals surface area (Å²) in [5.41, 5.74) is 4.17. The van der Waals surface area contributed by atoms with E-state index in [9.17, 15) is 19.7 Å². The van der Waals surface area contributed by atoms with Crippen LogP contribution >= 0.6 is 47.2 Å². The molecule has 39 heavy (non-hydrogen) atoms. The number of carbonyl (C=O) groups is 2. The number of amides is 3. The summed E-state index contributed by atoms with van der Waals surface area (Å²) in [6.45, 7) is 0.169. The highest BCUT2D eigenvalue weighted by Gasteiger charge is 2.33. The zero-order chi connectivity index (χ0) is 28.1. The molecule has 0 spiro atoms. The molecule has 4 rings (SSSR count). The van der Waals surface area contributed by atoms with Gasteiger partial charge in [-0.25, -0.2) is 10.2 Å². The molecule has 3 aromatic carbocycles. The predicted molar refractivity (Wildman–Crippen MR) is 154 cm³/mol. The number of anilines is 1. The number of nitrogens with zero attached hydrogens (tertiary/aromatic N) is 2. The number of rotatable bonds is 8. The van der Waals surface area contributed by atoms with Crippen molar-refractivity contribution in [3.05, 3.63) is 96.9 Å². The Labute approximate surface area is 242 Å². The molecule has 3 amide bonds. The van der Waals surface area contributed by atoms with Crippen LogP contribution in [0.3, 0.4) is 0 Å². The summed E-state index contributed by atoms with van der Waals surface area (Å²) in [4.78, 5) is 36.0. The molecule has 0 atom stereocenters. The Kier molecular flexibility index (Phi) is 8.92. The number of benzene rings is 3. The molecule has 0 unspecified atom stereocenters. The third kappa shape index (κ3) is 6.98. The first kappa shape index (κ1) is 28.2. The average molecular weight is 605 g/mol. The molecule has 14 heteroatoms. The van der Waals surface area contributed by atoms with E-state index in [1.54, 1.807) is 42.5 Å².